The lowest BCUT2D eigenvalue weighted by Gasteiger charge is -2.38. The van der Waals surface area contributed by atoms with Crippen molar-refractivity contribution in [3.8, 4) is 6.07 Å². The summed E-state index contributed by atoms with van der Waals surface area (Å²) in [6.45, 7) is 3.86. The van der Waals surface area contributed by atoms with Crippen LogP contribution in [0.1, 0.15) is 68.6 Å². The molecule has 3 aromatic rings. The highest BCUT2D eigenvalue weighted by molar-refractivity contribution is 7.92. The lowest BCUT2D eigenvalue weighted by Crippen LogP contribution is -2.41. The predicted octanol–water partition coefficient (Wildman–Crippen LogP) is 6.32. The van der Waals surface area contributed by atoms with E-state index in [1.807, 2.05) is 19.9 Å². The lowest BCUT2D eigenvalue weighted by atomic mass is 9.80. The van der Waals surface area contributed by atoms with Crippen LogP contribution in [0.4, 0.5) is 10.1 Å². The Bertz CT molecular complexity index is 1580. The summed E-state index contributed by atoms with van der Waals surface area (Å²) >= 11 is 0. The van der Waals surface area contributed by atoms with Crippen LogP contribution in [-0.2, 0) is 26.0 Å². The van der Waals surface area contributed by atoms with Crippen molar-refractivity contribution in [1.29, 1.82) is 5.26 Å². The van der Waals surface area contributed by atoms with Crippen molar-refractivity contribution in [2.75, 3.05) is 4.72 Å². The number of aryl methyl sites for hydroxylation is 1. The van der Waals surface area contributed by atoms with Gasteiger partial charge >= 0.3 is 5.97 Å². The van der Waals surface area contributed by atoms with E-state index < -0.39 is 27.5 Å². The zero-order chi connectivity index (χ0) is 29.6. The molecule has 0 aliphatic carbocycles. The average molecular weight is 578 g/mol. The molecule has 4 rings (SSSR count). The van der Waals surface area contributed by atoms with Crippen molar-refractivity contribution in [3.05, 3.63) is 101 Å². The fourth-order valence-electron chi connectivity index (χ4n) is 5.27. The summed E-state index contributed by atoms with van der Waals surface area (Å²) < 4.78 is 47.6. The first-order valence-electron chi connectivity index (χ1n) is 13.5. The molecule has 0 saturated carbocycles. The maximum Gasteiger partial charge on any atom is 0.338 e. The van der Waals surface area contributed by atoms with Crippen LogP contribution in [-0.4, -0.2) is 30.1 Å². The number of nitriles is 1. The number of halogens is 1. The second-order valence-corrected chi connectivity index (χ2v) is 11.8. The first-order valence-corrected chi connectivity index (χ1v) is 15.0. The smallest absolute Gasteiger partial charge is 0.338 e. The molecule has 0 fully saturated rings. The molecule has 0 amide bonds. The number of aromatic nitrogens is 1. The number of rotatable bonds is 11. The number of pyridine rings is 1. The molecule has 1 aliphatic rings. The Morgan fingerprint density at radius 1 is 1.15 bits per heavy atom. The van der Waals surface area contributed by atoms with Crippen molar-refractivity contribution in [2.45, 2.75) is 68.9 Å². The van der Waals surface area contributed by atoms with Gasteiger partial charge in [-0.05, 0) is 73.2 Å². The predicted molar refractivity (Wildman–Crippen MR) is 152 cm³/mol. The van der Waals surface area contributed by atoms with Gasteiger partial charge in [-0.3, -0.25) is 4.72 Å². The fraction of sp³-hybridized carbons (Fsp3) is 0.323. The summed E-state index contributed by atoms with van der Waals surface area (Å²) in [6.07, 6.45) is 4.15. The Hall–Kier alpha value is -4.23. The maximum absolute atomic E-state index is 13.4. The minimum Gasteiger partial charge on any atom is -0.512 e. The van der Waals surface area contributed by atoms with Gasteiger partial charge in [0.05, 0.1) is 11.1 Å². The Morgan fingerprint density at radius 3 is 2.51 bits per heavy atom. The number of sulfonamides is 1. The second kappa shape index (κ2) is 12.5. The second-order valence-electron chi connectivity index (χ2n) is 10.2. The van der Waals surface area contributed by atoms with E-state index >= 15 is 0 Å². The SMILES string of the molecule is CCC[C@]1(CCc2ccc(F)cc2)CC(O)=C([C@@H](CC)c2cccc(NS(=O)(=O)c3ccc(C#N)cn3)c2)C(=O)O1. The molecule has 0 saturated heterocycles. The number of nitrogens with zero attached hydrogens (tertiary/aromatic N) is 2. The number of nitrogens with one attached hydrogen (secondary N) is 1. The third-order valence-corrected chi connectivity index (χ3v) is 8.55. The molecule has 1 aromatic heterocycles. The third-order valence-electron chi connectivity index (χ3n) is 7.26. The summed E-state index contributed by atoms with van der Waals surface area (Å²) in [5.41, 5.74) is 1.33. The maximum atomic E-state index is 13.4. The van der Waals surface area contributed by atoms with Crippen molar-refractivity contribution >= 4 is 21.7 Å². The zero-order valence-electron chi connectivity index (χ0n) is 22.9. The summed E-state index contributed by atoms with van der Waals surface area (Å²) in [6, 6.07) is 17.3. The average Bonchev–Trinajstić information content (AvgIpc) is 2.95. The molecular weight excluding hydrogens is 545 g/mol. The molecule has 2 atom stereocenters. The van der Waals surface area contributed by atoms with Crippen LogP contribution in [0.25, 0.3) is 0 Å². The van der Waals surface area contributed by atoms with Crippen LogP contribution in [0, 0.1) is 17.1 Å². The van der Waals surface area contributed by atoms with Gasteiger partial charge in [0, 0.05) is 24.2 Å². The molecular formula is C31H32FN3O5S. The molecule has 2 N–H and O–H groups in total. The number of carbonyl (C=O) groups is 1. The number of aliphatic hydroxyl groups is 1. The molecule has 2 heterocycles. The number of hydrogen-bond acceptors (Lipinski definition) is 7. The first-order chi connectivity index (χ1) is 19.6. The monoisotopic (exact) mass is 577 g/mol. The van der Waals surface area contributed by atoms with Gasteiger partial charge in [-0.25, -0.2) is 14.2 Å². The van der Waals surface area contributed by atoms with Gasteiger partial charge in [0.1, 0.15) is 23.2 Å². The van der Waals surface area contributed by atoms with E-state index in [1.54, 1.807) is 36.4 Å². The molecule has 0 unspecified atom stereocenters. The van der Waals surface area contributed by atoms with Crippen molar-refractivity contribution < 1.29 is 27.4 Å². The summed E-state index contributed by atoms with van der Waals surface area (Å²) in [4.78, 5) is 17.3. The van der Waals surface area contributed by atoms with Crippen molar-refractivity contribution in [2.24, 2.45) is 0 Å². The Morgan fingerprint density at radius 2 is 1.90 bits per heavy atom. The fourth-order valence-corrected chi connectivity index (χ4v) is 6.25. The molecule has 0 radical (unpaired) electrons. The van der Waals surface area contributed by atoms with E-state index in [9.17, 15) is 22.7 Å². The number of aliphatic hydroxyl groups excluding tert-OH is 1. The van der Waals surface area contributed by atoms with E-state index in [4.69, 9.17) is 10.00 Å². The van der Waals surface area contributed by atoms with Crippen LogP contribution >= 0.6 is 0 Å². The van der Waals surface area contributed by atoms with Crippen molar-refractivity contribution in [1.82, 2.24) is 4.98 Å². The number of anilines is 1. The number of ether oxygens (including phenoxy) is 1. The van der Waals surface area contributed by atoms with E-state index in [1.165, 1.54) is 30.5 Å². The number of carbonyl (C=O) groups excluding carboxylic acids is 1. The van der Waals surface area contributed by atoms with E-state index in [0.29, 0.717) is 31.2 Å². The Balaban J connectivity index is 1.57. The van der Waals surface area contributed by atoms with E-state index in [2.05, 4.69) is 9.71 Å². The van der Waals surface area contributed by atoms with E-state index in [0.717, 1.165) is 12.0 Å². The van der Waals surface area contributed by atoms with Gasteiger partial charge < -0.3 is 9.84 Å². The van der Waals surface area contributed by atoms with Crippen LogP contribution in [0.15, 0.2) is 83.2 Å². The van der Waals surface area contributed by atoms with Gasteiger partial charge in [-0.15, -0.1) is 0 Å². The van der Waals surface area contributed by atoms with Crippen LogP contribution in [0.3, 0.4) is 0 Å². The van der Waals surface area contributed by atoms with Gasteiger partial charge in [-0.1, -0.05) is 44.5 Å². The highest BCUT2D eigenvalue weighted by atomic mass is 32.2. The minimum absolute atomic E-state index is 0.0339. The largest absolute Gasteiger partial charge is 0.512 e. The Kier molecular flexibility index (Phi) is 9.08. The highest BCUT2D eigenvalue weighted by Gasteiger charge is 2.43. The lowest BCUT2D eigenvalue weighted by molar-refractivity contribution is -0.161. The Labute approximate surface area is 239 Å². The highest BCUT2D eigenvalue weighted by Crippen LogP contribution is 2.42. The van der Waals surface area contributed by atoms with Gasteiger partial charge in [0.15, 0.2) is 5.03 Å². The van der Waals surface area contributed by atoms with Crippen LogP contribution in [0.2, 0.25) is 0 Å². The quantitative estimate of drug-likeness (QED) is 0.255. The normalized spacial score (nSPS) is 18.0. The molecule has 10 heteroatoms. The summed E-state index contributed by atoms with van der Waals surface area (Å²) in [7, 11) is -4.03. The molecule has 8 nitrogen and oxygen atoms in total. The molecule has 0 bridgehead atoms. The number of hydrogen-bond donors (Lipinski definition) is 2. The number of esters is 1. The van der Waals surface area contributed by atoms with Gasteiger partial charge in [0.2, 0.25) is 0 Å². The number of benzene rings is 2. The topological polar surface area (TPSA) is 129 Å². The minimum atomic E-state index is -4.03. The van der Waals surface area contributed by atoms with Crippen LogP contribution < -0.4 is 4.72 Å². The van der Waals surface area contributed by atoms with E-state index in [-0.39, 0.29) is 39.8 Å². The standard InChI is InChI=1S/C31H32FN3O5S/c1-3-15-31(16-14-21-8-11-24(32)12-9-21)18-27(36)29(30(37)40-31)26(4-2)23-6-5-7-25(17-23)35-41(38,39)28-13-10-22(19-33)20-34-28/h5-13,17,20,26,35-36H,3-4,14-16,18H2,1-2H3/t26-,31-/m0/s1. The number of cyclic esters (lactones) is 1. The van der Waals surface area contributed by atoms with Gasteiger partial charge in [0.25, 0.3) is 10.0 Å². The molecule has 1 aliphatic heterocycles. The van der Waals surface area contributed by atoms with Gasteiger partial charge in [-0.2, -0.15) is 13.7 Å². The molecule has 214 valence electrons. The summed E-state index contributed by atoms with van der Waals surface area (Å²) in [5, 5.41) is 19.9. The zero-order valence-corrected chi connectivity index (χ0v) is 23.7. The molecule has 41 heavy (non-hydrogen) atoms. The first kappa shape index (κ1) is 29.7. The third kappa shape index (κ3) is 6.92. The summed E-state index contributed by atoms with van der Waals surface area (Å²) in [5.74, 6) is -1.48. The van der Waals surface area contributed by atoms with Crippen LogP contribution in [0.5, 0.6) is 0 Å². The molecule has 2 aromatic carbocycles. The van der Waals surface area contributed by atoms with Crippen molar-refractivity contribution in [3.63, 3.8) is 0 Å². The molecule has 0 spiro atoms.